The summed E-state index contributed by atoms with van der Waals surface area (Å²) in [5.41, 5.74) is 1.59. The van der Waals surface area contributed by atoms with Crippen molar-refractivity contribution in [2.24, 2.45) is 0 Å². The number of aromatic nitrogens is 1. The molecular weight excluding hydrogens is 300 g/mol. The molecule has 0 saturated carbocycles. The Labute approximate surface area is 143 Å². The predicted molar refractivity (Wildman–Crippen MR) is 96.2 cm³/mol. The van der Waals surface area contributed by atoms with Gasteiger partial charge in [0.05, 0.1) is 29.4 Å². The molecule has 0 N–H and O–H groups in total. The molecule has 0 aliphatic carbocycles. The summed E-state index contributed by atoms with van der Waals surface area (Å²) < 4.78 is 5.78. The molecule has 24 heavy (non-hydrogen) atoms. The molecule has 1 aliphatic heterocycles. The second-order valence-corrected chi connectivity index (χ2v) is 6.63. The van der Waals surface area contributed by atoms with Gasteiger partial charge in [0.1, 0.15) is 5.82 Å². The number of rotatable bonds is 4. The molecule has 1 fully saturated rings. The van der Waals surface area contributed by atoms with Gasteiger partial charge >= 0.3 is 0 Å². The standard InChI is InChI=1S/C19H24N4O/c1-14-12-23(13-15(2)24-14)9-8-22(3)19-7-5-17-10-16(11-20)4-6-18(17)21-19/h4-7,10,14-15H,8-9,12-13H2,1-3H3/t14-,15+. The van der Waals surface area contributed by atoms with Gasteiger partial charge in [-0.25, -0.2) is 4.98 Å². The fourth-order valence-electron chi connectivity index (χ4n) is 3.27. The molecule has 3 rings (SSSR count). The molecule has 1 saturated heterocycles. The van der Waals surface area contributed by atoms with Crippen LogP contribution in [-0.2, 0) is 4.74 Å². The highest BCUT2D eigenvalue weighted by Gasteiger charge is 2.22. The molecule has 0 amide bonds. The molecule has 0 unspecified atom stereocenters. The molecule has 2 atom stereocenters. The Morgan fingerprint density at radius 3 is 2.71 bits per heavy atom. The number of hydrogen-bond acceptors (Lipinski definition) is 5. The van der Waals surface area contributed by atoms with Crippen LogP contribution in [0.25, 0.3) is 10.9 Å². The minimum absolute atomic E-state index is 0.298. The Hall–Kier alpha value is -2.16. The van der Waals surface area contributed by atoms with Gasteiger partial charge in [0.15, 0.2) is 0 Å². The van der Waals surface area contributed by atoms with E-state index in [1.165, 1.54) is 0 Å². The first-order chi connectivity index (χ1) is 11.5. The van der Waals surface area contributed by atoms with Gasteiger partial charge < -0.3 is 9.64 Å². The van der Waals surface area contributed by atoms with Crippen molar-refractivity contribution in [1.29, 1.82) is 5.26 Å². The molecule has 1 aromatic heterocycles. The molecule has 1 aliphatic rings. The molecule has 5 nitrogen and oxygen atoms in total. The maximum atomic E-state index is 8.98. The lowest BCUT2D eigenvalue weighted by Crippen LogP contribution is -2.47. The van der Waals surface area contributed by atoms with Crippen LogP contribution in [0.4, 0.5) is 5.82 Å². The quantitative estimate of drug-likeness (QED) is 0.865. The molecular formula is C19H24N4O. The largest absolute Gasteiger partial charge is 0.373 e. The number of hydrogen-bond donors (Lipinski definition) is 0. The number of ether oxygens (including phenoxy) is 1. The van der Waals surface area contributed by atoms with Crippen LogP contribution in [0, 0.1) is 11.3 Å². The summed E-state index contributed by atoms with van der Waals surface area (Å²) in [5, 5.41) is 9.98. The monoisotopic (exact) mass is 324 g/mol. The van der Waals surface area contributed by atoms with Crippen LogP contribution in [0.5, 0.6) is 0 Å². The average Bonchev–Trinajstić information content (AvgIpc) is 2.58. The highest BCUT2D eigenvalue weighted by Crippen LogP contribution is 2.19. The fourth-order valence-corrected chi connectivity index (χ4v) is 3.27. The lowest BCUT2D eigenvalue weighted by atomic mass is 10.1. The SMILES string of the molecule is C[C@@H]1CN(CCN(C)c2ccc3cc(C#N)ccc3n2)C[C@H](C)O1. The van der Waals surface area contributed by atoms with Gasteiger partial charge in [0, 0.05) is 38.6 Å². The smallest absolute Gasteiger partial charge is 0.129 e. The third-order valence-corrected chi connectivity index (χ3v) is 4.44. The van der Waals surface area contributed by atoms with Crippen molar-refractivity contribution >= 4 is 16.7 Å². The Morgan fingerprint density at radius 1 is 1.25 bits per heavy atom. The lowest BCUT2D eigenvalue weighted by molar-refractivity contribution is -0.0670. The first-order valence-electron chi connectivity index (χ1n) is 8.45. The number of benzene rings is 1. The second-order valence-electron chi connectivity index (χ2n) is 6.63. The van der Waals surface area contributed by atoms with Crippen LogP contribution in [0.2, 0.25) is 0 Å². The van der Waals surface area contributed by atoms with Crippen molar-refractivity contribution in [3.8, 4) is 6.07 Å². The van der Waals surface area contributed by atoms with Crippen LogP contribution in [0.3, 0.4) is 0 Å². The molecule has 2 heterocycles. The van der Waals surface area contributed by atoms with Gasteiger partial charge in [-0.3, -0.25) is 4.90 Å². The van der Waals surface area contributed by atoms with E-state index >= 15 is 0 Å². The number of nitriles is 1. The summed E-state index contributed by atoms with van der Waals surface area (Å²) in [6.07, 6.45) is 0.597. The van der Waals surface area contributed by atoms with Crippen LogP contribution in [0.15, 0.2) is 30.3 Å². The van der Waals surface area contributed by atoms with Crippen molar-refractivity contribution in [2.45, 2.75) is 26.1 Å². The number of likely N-dealkylation sites (N-methyl/N-ethyl adjacent to an activating group) is 1. The van der Waals surface area contributed by atoms with Gasteiger partial charge in [0.25, 0.3) is 0 Å². The Kier molecular flexibility index (Phi) is 4.98. The van der Waals surface area contributed by atoms with E-state index in [4.69, 9.17) is 15.0 Å². The van der Waals surface area contributed by atoms with Gasteiger partial charge in [-0.05, 0) is 44.2 Å². The third-order valence-electron chi connectivity index (χ3n) is 4.44. The van der Waals surface area contributed by atoms with E-state index in [0.717, 1.165) is 42.9 Å². The maximum absolute atomic E-state index is 8.98. The highest BCUT2D eigenvalue weighted by molar-refractivity contribution is 5.81. The maximum Gasteiger partial charge on any atom is 0.129 e. The zero-order chi connectivity index (χ0) is 17.1. The van der Waals surface area contributed by atoms with E-state index in [1.54, 1.807) is 0 Å². The zero-order valence-corrected chi connectivity index (χ0v) is 14.6. The van der Waals surface area contributed by atoms with Gasteiger partial charge in [-0.2, -0.15) is 5.26 Å². The summed E-state index contributed by atoms with van der Waals surface area (Å²) >= 11 is 0. The number of fused-ring (bicyclic) bond motifs is 1. The summed E-state index contributed by atoms with van der Waals surface area (Å²) in [4.78, 5) is 9.35. The average molecular weight is 324 g/mol. The van der Waals surface area contributed by atoms with Crippen molar-refractivity contribution in [1.82, 2.24) is 9.88 Å². The van der Waals surface area contributed by atoms with Crippen LogP contribution < -0.4 is 4.90 Å². The fraction of sp³-hybridized carbons (Fsp3) is 0.474. The van der Waals surface area contributed by atoms with E-state index in [2.05, 4.69) is 36.8 Å². The predicted octanol–water partition coefficient (Wildman–Crippen LogP) is 2.65. The topological polar surface area (TPSA) is 52.4 Å². The molecule has 2 aromatic rings. The van der Waals surface area contributed by atoms with Crippen LogP contribution in [-0.4, -0.2) is 55.3 Å². The summed E-state index contributed by atoms with van der Waals surface area (Å²) in [7, 11) is 2.07. The Balaban J connectivity index is 1.65. The normalized spacial score (nSPS) is 21.6. The molecule has 0 bridgehead atoms. The van der Waals surface area contributed by atoms with Crippen molar-refractivity contribution in [3.05, 3.63) is 35.9 Å². The third kappa shape index (κ3) is 3.84. The van der Waals surface area contributed by atoms with Crippen LogP contribution in [0.1, 0.15) is 19.4 Å². The Bertz CT molecular complexity index is 745. The first-order valence-corrected chi connectivity index (χ1v) is 8.45. The molecule has 126 valence electrons. The van der Waals surface area contributed by atoms with Gasteiger partial charge in [-0.1, -0.05) is 0 Å². The van der Waals surface area contributed by atoms with E-state index in [1.807, 2.05) is 30.3 Å². The van der Waals surface area contributed by atoms with E-state index in [9.17, 15) is 0 Å². The Morgan fingerprint density at radius 2 is 2.00 bits per heavy atom. The van der Waals surface area contributed by atoms with Gasteiger partial charge in [0.2, 0.25) is 0 Å². The van der Waals surface area contributed by atoms with Crippen molar-refractivity contribution < 1.29 is 4.74 Å². The second kappa shape index (κ2) is 7.16. The number of morpholine rings is 1. The highest BCUT2D eigenvalue weighted by atomic mass is 16.5. The number of anilines is 1. The number of pyridine rings is 1. The van der Waals surface area contributed by atoms with Crippen molar-refractivity contribution in [3.63, 3.8) is 0 Å². The van der Waals surface area contributed by atoms with E-state index in [-0.39, 0.29) is 0 Å². The minimum Gasteiger partial charge on any atom is -0.373 e. The van der Waals surface area contributed by atoms with Gasteiger partial charge in [-0.15, -0.1) is 0 Å². The first kappa shape index (κ1) is 16.7. The molecule has 5 heteroatoms. The molecule has 0 radical (unpaired) electrons. The van der Waals surface area contributed by atoms with E-state index in [0.29, 0.717) is 17.8 Å². The summed E-state index contributed by atoms with van der Waals surface area (Å²) in [6.45, 7) is 8.16. The molecule has 0 spiro atoms. The summed E-state index contributed by atoms with van der Waals surface area (Å²) in [5.74, 6) is 0.960. The van der Waals surface area contributed by atoms with E-state index < -0.39 is 0 Å². The molecule has 1 aromatic carbocycles. The van der Waals surface area contributed by atoms with Crippen LogP contribution >= 0.6 is 0 Å². The minimum atomic E-state index is 0.298. The summed E-state index contributed by atoms with van der Waals surface area (Å²) in [6, 6.07) is 11.8. The number of nitrogens with zero attached hydrogens (tertiary/aromatic N) is 4. The van der Waals surface area contributed by atoms with Crippen molar-refractivity contribution in [2.75, 3.05) is 38.1 Å². The zero-order valence-electron chi connectivity index (χ0n) is 14.6. The lowest BCUT2D eigenvalue weighted by Gasteiger charge is -2.36.